The molecule has 0 aliphatic carbocycles. The van der Waals surface area contributed by atoms with Crippen molar-refractivity contribution in [3.05, 3.63) is 89.1 Å². The molecular formula is C26H28N2O3. The maximum Gasteiger partial charge on any atom is 0.181 e. The third-order valence-electron chi connectivity index (χ3n) is 5.12. The largest absolute Gasteiger partial charge is 0.388 e. The number of hydrogen-bond donors (Lipinski definition) is 1. The van der Waals surface area contributed by atoms with Gasteiger partial charge in [0.25, 0.3) is 0 Å². The number of aliphatic hydroxyl groups is 1. The zero-order valence-corrected chi connectivity index (χ0v) is 17.6. The minimum atomic E-state index is -0.476. The number of carbonyl (C=O) groups excluding carboxylic acids is 2. The lowest BCUT2D eigenvalue weighted by Crippen LogP contribution is -2.27. The Morgan fingerprint density at radius 1 is 1.03 bits per heavy atom. The highest BCUT2D eigenvalue weighted by atomic mass is 16.3. The van der Waals surface area contributed by atoms with E-state index in [1.54, 1.807) is 6.08 Å². The molecule has 2 aromatic carbocycles. The van der Waals surface area contributed by atoms with Crippen molar-refractivity contribution in [2.45, 2.75) is 25.8 Å². The second-order valence-corrected chi connectivity index (χ2v) is 7.63. The lowest BCUT2D eigenvalue weighted by molar-refractivity contribution is -0.117. The van der Waals surface area contributed by atoms with Gasteiger partial charge in [0.2, 0.25) is 0 Å². The summed E-state index contributed by atoms with van der Waals surface area (Å²) >= 11 is 0. The molecule has 0 bridgehead atoms. The normalized spacial score (nSPS) is 13.2. The van der Waals surface area contributed by atoms with Crippen LogP contribution in [0, 0.1) is 0 Å². The number of nitrogens with zero attached hydrogens (tertiary/aromatic N) is 2. The Hall–Kier alpha value is -3.15. The summed E-state index contributed by atoms with van der Waals surface area (Å²) in [5.41, 5.74) is 4.12. The first-order valence-electron chi connectivity index (χ1n) is 10.5. The van der Waals surface area contributed by atoms with Crippen molar-refractivity contribution in [2.75, 3.05) is 19.7 Å². The van der Waals surface area contributed by atoms with E-state index in [2.05, 4.69) is 9.89 Å². The Balaban J connectivity index is 1.57. The van der Waals surface area contributed by atoms with Gasteiger partial charge in [0.05, 0.1) is 0 Å². The third kappa shape index (κ3) is 7.55. The quantitative estimate of drug-likeness (QED) is 0.418. The van der Waals surface area contributed by atoms with Crippen LogP contribution >= 0.6 is 0 Å². The number of ketones is 2. The van der Waals surface area contributed by atoms with Crippen LogP contribution in [0.15, 0.2) is 77.4 Å². The van der Waals surface area contributed by atoms with E-state index in [0.29, 0.717) is 6.42 Å². The maximum atomic E-state index is 12.4. The van der Waals surface area contributed by atoms with Crippen molar-refractivity contribution in [1.29, 1.82) is 0 Å². The van der Waals surface area contributed by atoms with E-state index in [4.69, 9.17) is 5.11 Å². The molecule has 0 amide bonds. The van der Waals surface area contributed by atoms with Crippen molar-refractivity contribution in [1.82, 2.24) is 4.90 Å². The van der Waals surface area contributed by atoms with Gasteiger partial charge >= 0.3 is 0 Å². The Kier molecular flexibility index (Phi) is 8.64. The Morgan fingerprint density at radius 3 is 2.48 bits per heavy atom. The molecule has 1 N–H and O–H groups in total. The first-order chi connectivity index (χ1) is 15.1. The van der Waals surface area contributed by atoms with Gasteiger partial charge in [0.1, 0.15) is 6.61 Å². The zero-order valence-electron chi connectivity index (χ0n) is 17.6. The van der Waals surface area contributed by atoms with E-state index >= 15 is 0 Å². The monoisotopic (exact) mass is 416 g/mol. The highest BCUT2D eigenvalue weighted by Crippen LogP contribution is 2.15. The van der Waals surface area contributed by atoms with E-state index in [9.17, 15) is 9.59 Å². The maximum absolute atomic E-state index is 12.4. The number of rotatable bonds is 12. The van der Waals surface area contributed by atoms with Crippen LogP contribution in [-0.4, -0.2) is 47.5 Å². The Bertz CT molecular complexity index is 960. The van der Waals surface area contributed by atoms with Crippen molar-refractivity contribution in [2.24, 2.45) is 4.99 Å². The molecule has 1 heterocycles. The Labute approximate surface area is 183 Å². The van der Waals surface area contributed by atoms with Gasteiger partial charge in [-0.05, 0) is 35.7 Å². The first kappa shape index (κ1) is 22.5. The molecule has 1 aliphatic rings. The second-order valence-electron chi connectivity index (χ2n) is 7.63. The molecule has 3 rings (SSSR count). The minimum Gasteiger partial charge on any atom is -0.388 e. The molecule has 5 heteroatoms. The van der Waals surface area contributed by atoms with Crippen LogP contribution in [0.4, 0.5) is 0 Å². The molecule has 5 nitrogen and oxygen atoms in total. The third-order valence-corrected chi connectivity index (χ3v) is 5.12. The van der Waals surface area contributed by atoms with Gasteiger partial charge in [-0.15, -0.1) is 0 Å². The van der Waals surface area contributed by atoms with E-state index in [1.807, 2.05) is 67.0 Å². The molecule has 0 aromatic heterocycles. The number of aliphatic hydroxyl groups excluding tert-OH is 1. The SMILES string of the molecule is O=C(/C=C/c1ccc(CN(CCCC(=O)c2ccccc2)CC2=CN=CC2)cc1)CO. The van der Waals surface area contributed by atoms with Gasteiger partial charge in [0, 0.05) is 43.9 Å². The smallest absolute Gasteiger partial charge is 0.181 e. The van der Waals surface area contributed by atoms with Gasteiger partial charge < -0.3 is 5.11 Å². The van der Waals surface area contributed by atoms with Crippen molar-refractivity contribution >= 4 is 23.9 Å². The van der Waals surface area contributed by atoms with Crippen LogP contribution in [0.3, 0.4) is 0 Å². The fourth-order valence-electron chi connectivity index (χ4n) is 3.45. The topological polar surface area (TPSA) is 70.0 Å². The van der Waals surface area contributed by atoms with Crippen LogP contribution < -0.4 is 0 Å². The molecule has 0 atom stereocenters. The number of benzene rings is 2. The number of aliphatic imine (C=N–C) groups is 1. The lowest BCUT2D eigenvalue weighted by Gasteiger charge is -2.23. The molecule has 0 unspecified atom stereocenters. The lowest BCUT2D eigenvalue weighted by atomic mass is 10.1. The fourth-order valence-corrected chi connectivity index (χ4v) is 3.45. The van der Waals surface area contributed by atoms with E-state index < -0.39 is 6.61 Å². The predicted molar refractivity (Wildman–Crippen MR) is 124 cm³/mol. The summed E-state index contributed by atoms with van der Waals surface area (Å²) in [5.74, 6) is -0.134. The van der Waals surface area contributed by atoms with Gasteiger partial charge in [-0.1, -0.05) is 60.7 Å². The summed E-state index contributed by atoms with van der Waals surface area (Å²) < 4.78 is 0. The van der Waals surface area contributed by atoms with Crippen molar-refractivity contribution in [3.63, 3.8) is 0 Å². The van der Waals surface area contributed by atoms with Crippen LogP contribution in [0.25, 0.3) is 6.08 Å². The molecule has 0 spiro atoms. The molecule has 1 aliphatic heterocycles. The van der Waals surface area contributed by atoms with E-state index in [-0.39, 0.29) is 11.6 Å². The average Bonchev–Trinajstić information content (AvgIpc) is 3.32. The number of carbonyl (C=O) groups is 2. The standard InChI is InChI=1S/C26H28N2O3/c29-20-25(30)13-12-21-8-10-22(11-9-21)18-28(19-23-14-15-27-17-23)16-4-7-26(31)24-5-2-1-3-6-24/h1-3,5-6,8-13,15,17,29H,4,7,14,16,18-20H2/b13-12+. The summed E-state index contributed by atoms with van der Waals surface area (Å²) in [7, 11) is 0. The minimum absolute atomic E-state index is 0.178. The molecule has 160 valence electrons. The first-order valence-corrected chi connectivity index (χ1v) is 10.5. The summed E-state index contributed by atoms with van der Waals surface area (Å²) in [6, 6.07) is 17.5. The second kappa shape index (κ2) is 11.9. The number of Topliss-reactive ketones (excluding diaryl/α,β-unsaturated/α-hetero) is 1. The predicted octanol–water partition coefficient (Wildman–Crippen LogP) is 4.08. The van der Waals surface area contributed by atoms with Gasteiger partial charge in [-0.2, -0.15) is 0 Å². The average molecular weight is 417 g/mol. The molecule has 31 heavy (non-hydrogen) atoms. The molecule has 2 aromatic rings. The molecule has 0 fully saturated rings. The van der Waals surface area contributed by atoms with Crippen molar-refractivity contribution in [3.8, 4) is 0 Å². The molecule has 0 saturated carbocycles. The fraction of sp³-hybridized carbons (Fsp3) is 0.269. The summed E-state index contributed by atoms with van der Waals surface area (Å²) in [6.07, 6.45) is 9.13. The van der Waals surface area contributed by atoms with E-state index in [0.717, 1.165) is 43.6 Å². The van der Waals surface area contributed by atoms with Crippen LogP contribution in [0.1, 0.15) is 40.7 Å². The highest BCUT2D eigenvalue weighted by Gasteiger charge is 2.12. The zero-order chi connectivity index (χ0) is 21.9. The summed E-state index contributed by atoms with van der Waals surface area (Å²) in [4.78, 5) is 30.2. The number of hydrogen-bond acceptors (Lipinski definition) is 5. The van der Waals surface area contributed by atoms with Crippen molar-refractivity contribution < 1.29 is 14.7 Å². The highest BCUT2D eigenvalue weighted by molar-refractivity contribution is 5.96. The summed E-state index contributed by atoms with van der Waals surface area (Å²) in [6.45, 7) is 1.95. The van der Waals surface area contributed by atoms with Gasteiger partial charge in [-0.3, -0.25) is 19.5 Å². The molecule has 0 saturated heterocycles. The van der Waals surface area contributed by atoms with Crippen LogP contribution in [0.2, 0.25) is 0 Å². The van der Waals surface area contributed by atoms with Crippen LogP contribution in [0.5, 0.6) is 0 Å². The Morgan fingerprint density at radius 2 is 1.81 bits per heavy atom. The van der Waals surface area contributed by atoms with Gasteiger partial charge in [-0.25, -0.2) is 0 Å². The summed E-state index contributed by atoms with van der Waals surface area (Å²) in [5, 5.41) is 8.80. The van der Waals surface area contributed by atoms with E-state index in [1.165, 1.54) is 17.2 Å². The molecular weight excluding hydrogens is 388 g/mol. The van der Waals surface area contributed by atoms with Crippen LogP contribution in [-0.2, 0) is 11.3 Å². The molecule has 0 radical (unpaired) electrons. The van der Waals surface area contributed by atoms with Gasteiger partial charge in [0.15, 0.2) is 11.6 Å².